The van der Waals surface area contributed by atoms with Crippen LogP contribution in [0.4, 0.5) is 0 Å². The molecule has 1 heterocycles. The zero-order valence-electron chi connectivity index (χ0n) is 20.8. The summed E-state index contributed by atoms with van der Waals surface area (Å²) in [6.45, 7) is 4.44. The van der Waals surface area contributed by atoms with Gasteiger partial charge < -0.3 is 9.80 Å². The number of hydrogen-bond donors (Lipinski definition) is 0. The summed E-state index contributed by atoms with van der Waals surface area (Å²) < 4.78 is 0. The number of benzene rings is 2. The maximum Gasteiger partial charge on any atom is 0.253 e. The molecule has 35 heavy (non-hydrogen) atoms. The minimum Gasteiger partial charge on any atom is -0.339 e. The van der Waals surface area contributed by atoms with Gasteiger partial charge in [-0.05, 0) is 54.5 Å². The molecule has 5 heteroatoms. The van der Waals surface area contributed by atoms with Gasteiger partial charge in [-0.2, -0.15) is 0 Å². The van der Waals surface area contributed by atoms with E-state index in [1.54, 1.807) is 0 Å². The molecule has 0 unspecified atom stereocenters. The van der Waals surface area contributed by atoms with E-state index >= 15 is 0 Å². The minimum absolute atomic E-state index is 0.0214. The van der Waals surface area contributed by atoms with Crippen molar-refractivity contribution < 1.29 is 14.4 Å². The topological polar surface area (TPSA) is 57.7 Å². The van der Waals surface area contributed by atoms with Gasteiger partial charge in [-0.1, -0.05) is 62.6 Å². The highest BCUT2D eigenvalue weighted by atomic mass is 16.2. The first-order valence-electron chi connectivity index (χ1n) is 13.2. The molecule has 184 valence electrons. The monoisotopic (exact) mass is 472 g/mol. The third-order valence-corrected chi connectivity index (χ3v) is 8.20. The lowest BCUT2D eigenvalue weighted by atomic mass is 9.84. The smallest absolute Gasteiger partial charge is 0.253 e. The molecule has 1 aliphatic heterocycles. The molecule has 0 spiro atoms. The van der Waals surface area contributed by atoms with Crippen LogP contribution in [0.5, 0.6) is 0 Å². The van der Waals surface area contributed by atoms with E-state index in [1.807, 2.05) is 53.1 Å². The Balaban J connectivity index is 1.19. The molecule has 2 aromatic carbocycles. The third kappa shape index (κ3) is 5.34. The second-order valence-corrected chi connectivity index (χ2v) is 10.9. The summed E-state index contributed by atoms with van der Waals surface area (Å²) in [4.78, 5) is 42.1. The molecule has 5 nitrogen and oxygen atoms in total. The molecule has 2 aromatic rings. The van der Waals surface area contributed by atoms with Crippen LogP contribution in [0.25, 0.3) is 11.1 Å². The third-order valence-electron chi connectivity index (χ3n) is 8.20. The van der Waals surface area contributed by atoms with Gasteiger partial charge in [0, 0.05) is 49.5 Å². The van der Waals surface area contributed by atoms with Gasteiger partial charge in [0.2, 0.25) is 5.91 Å². The van der Waals surface area contributed by atoms with E-state index in [2.05, 4.69) is 12.1 Å². The Hall–Kier alpha value is -2.95. The molecule has 5 rings (SSSR count). The van der Waals surface area contributed by atoms with E-state index in [0.29, 0.717) is 43.9 Å². The van der Waals surface area contributed by atoms with Crippen molar-refractivity contribution >= 4 is 17.6 Å². The average Bonchev–Trinajstić information content (AvgIpc) is 3.67. The zero-order valence-corrected chi connectivity index (χ0v) is 20.8. The molecule has 0 bridgehead atoms. The number of rotatable bonds is 6. The Morgan fingerprint density at radius 2 is 1.49 bits per heavy atom. The average molecular weight is 473 g/mol. The summed E-state index contributed by atoms with van der Waals surface area (Å²) in [5.74, 6) is 0.870. The molecule has 0 aromatic heterocycles. The Morgan fingerprint density at radius 1 is 0.829 bits per heavy atom. The number of Topliss-reactive ketones (excluding diaryl/α,β-unsaturated/α-hetero) is 1. The van der Waals surface area contributed by atoms with Gasteiger partial charge >= 0.3 is 0 Å². The first-order chi connectivity index (χ1) is 16.9. The molecular formula is C30H36N2O3. The van der Waals surface area contributed by atoms with E-state index in [0.717, 1.165) is 42.4 Å². The first kappa shape index (κ1) is 23.8. The van der Waals surface area contributed by atoms with Crippen molar-refractivity contribution in [2.24, 2.45) is 11.3 Å². The van der Waals surface area contributed by atoms with E-state index in [-0.39, 0.29) is 23.1 Å². The first-order valence-corrected chi connectivity index (χ1v) is 13.2. The molecule has 3 fully saturated rings. The molecule has 0 radical (unpaired) electrons. The van der Waals surface area contributed by atoms with Crippen LogP contribution in [0, 0.1) is 11.3 Å². The number of hydrogen-bond acceptors (Lipinski definition) is 3. The number of carbonyl (C=O) groups excluding carboxylic acids is 3. The number of amides is 2. The lowest BCUT2D eigenvalue weighted by molar-refractivity contribution is -0.137. The van der Waals surface area contributed by atoms with Crippen LogP contribution in [0.1, 0.15) is 67.8 Å². The van der Waals surface area contributed by atoms with Crippen LogP contribution in [0.2, 0.25) is 0 Å². The summed E-state index contributed by atoms with van der Waals surface area (Å²) in [6.07, 6.45) is 8.16. The fourth-order valence-corrected chi connectivity index (χ4v) is 5.51. The van der Waals surface area contributed by atoms with E-state index in [4.69, 9.17) is 0 Å². The molecule has 1 saturated heterocycles. The number of piperazine rings is 1. The fraction of sp³-hybridized carbons (Fsp3) is 0.500. The highest BCUT2D eigenvalue weighted by Gasteiger charge is 2.47. The van der Waals surface area contributed by atoms with Crippen LogP contribution < -0.4 is 0 Å². The van der Waals surface area contributed by atoms with Crippen LogP contribution in [-0.2, 0) is 16.0 Å². The largest absolute Gasteiger partial charge is 0.339 e. The number of ketones is 1. The van der Waals surface area contributed by atoms with Crippen molar-refractivity contribution in [1.29, 1.82) is 0 Å². The Morgan fingerprint density at radius 3 is 2.14 bits per heavy atom. The summed E-state index contributed by atoms with van der Waals surface area (Å²) in [6, 6.07) is 16.0. The van der Waals surface area contributed by atoms with Gasteiger partial charge in [-0.3, -0.25) is 14.4 Å². The molecule has 3 aliphatic rings. The Bertz CT molecular complexity index is 1090. The van der Waals surface area contributed by atoms with Crippen LogP contribution in [0.15, 0.2) is 48.5 Å². The van der Waals surface area contributed by atoms with Crippen LogP contribution >= 0.6 is 0 Å². The van der Waals surface area contributed by atoms with Crippen LogP contribution in [-0.4, -0.2) is 53.6 Å². The lowest BCUT2D eigenvalue weighted by Crippen LogP contribution is -2.52. The van der Waals surface area contributed by atoms with E-state index in [9.17, 15) is 14.4 Å². The molecule has 0 N–H and O–H groups in total. The normalized spacial score (nSPS) is 19.9. The van der Waals surface area contributed by atoms with Gasteiger partial charge in [0.25, 0.3) is 5.91 Å². The SMILES string of the molecule is CC1(C(=O)N2CCN(C(=O)c3ccc(-c4cccc(CC(=O)C5CCCCC5)c4)cc3)CC2)CC1. The molecule has 2 aliphatic carbocycles. The van der Waals surface area contributed by atoms with Crippen molar-refractivity contribution in [3.8, 4) is 11.1 Å². The minimum atomic E-state index is -0.150. The molecule has 0 atom stereocenters. The van der Waals surface area contributed by atoms with Crippen LogP contribution in [0.3, 0.4) is 0 Å². The predicted octanol–water partition coefficient (Wildman–Crippen LogP) is 5.13. The highest BCUT2D eigenvalue weighted by Crippen LogP contribution is 2.46. The summed E-state index contributed by atoms with van der Waals surface area (Å²) in [5.41, 5.74) is 3.69. The standard InChI is InChI=1S/C30H36N2O3/c1-30(14-15-30)29(35)32-18-16-31(17-19-32)28(34)25-12-10-23(11-13-25)26-9-5-6-22(20-26)21-27(33)24-7-3-2-4-8-24/h5-6,9-13,20,24H,2-4,7-8,14-19,21H2,1H3. The Labute approximate surface area is 208 Å². The van der Waals surface area contributed by atoms with Gasteiger partial charge in [0.05, 0.1) is 0 Å². The highest BCUT2D eigenvalue weighted by molar-refractivity contribution is 5.95. The van der Waals surface area contributed by atoms with Crippen molar-refractivity contribution in [2.75, 3.05) is 26.2 Å². The van der Waals surface area contributed by atoms with Crippen molar-refractivity contribution in [3.63, 3.8) is 0 Å². The quantitative estimate of drug-likeness (QED) is 0.586. The van der Waals surface area contributed by atoms with E-state index in [1.165, 1.54) is 19.3 Å². The maximum absolute atomic E-state index is 13.0. The predicted molar refractivity (Wildman–Crippen MR) is 137 cm³/mol. The molecule has 2 saturated carbocycles. The van der Waals surface area contributed by atoms with Crippen molar-refractivity contribution in [3.05, 3.63) is 59.7 Å². The second kappa shape index (κ2) is 9.96. The fourth-order valence-electron chi connectivity index (χ4n) is 5.51. The lowest BCUT2D eigenvalue weighted by Gasteiger charge is -2.36. The second-order valence-electron chi connectivity index (χ2n) is 10.9. The van der Waals surface area contributed by atoms with Crippen molar-refractivity contribution in [2.45, 2.75) is 58.3 Å². The summed E-state index contributed by atoms with van der Waals surface area (Å²) in [5, 5.41) is 0. The number of carbonyl (C=O) groups is 3. The van der Waals surface area contributed by atoms with Gasteiger partial charge in [-0.25, -0.2) is 0 Å². The zero-order chi connectivity index (χ0) is 24.4. The van der Waals surface area contributed by atoms with Crippen molar-refractivity contribution in [1.82, 2.24) is 9.80 Å². The van der Waals surface area contributed by atoms with E-state index < -0.39 is 0 Å². The maximum atomic E-state index is 13.0. The summed E-state index contributed by atoms with van der Waals surface area (Å²) in [7, 11) is 0. The molecule has 2 amide bonds. The van der Waals surface area contributed by atoms with Gasteiger partial charge in [-0.15, -0.1) is 0 Å². The molecular weight excluding hydrogens is 436 g/mol. The Kier molecular flexibility index (Phi) is 6.77. The number of nitrogens with zero attached hydrogens (tertiary/aromatic N) is 2. The van der Waals surface area contributed by atoms with Gasteiger partial charge in [0.1, 0.15) is 5.78 Å². The summed E-state index contributed by atoms with van der Waals surface area (Å²) >= 11 is 0. The van der Waals surface area contributed by atoms with Gasteiger partial charge in [0.15, 0.2) is 0 Å².